The lowest BCUT2D eigenvalue weighted by Gasteiger charge is -2.26. The van der Waals surface area contributed by atoms with Gasteiger partial charge in [0, 0.05) is 36.2 Å². The molecule has 10 rings (SSSR count). The maximum absolute atomic E-state index is 2.36. The molecule has 53 heavy (non-hydrogen) atoms. The summed E-state index contributed by atoms with van der Waals surface area (Å²) < 4.78 is 2.63. The number of fused-ring (bicyclic) bond motifs is 3. The van der Waals surface area contributed by atoms with E-state index in [1.807, 2.05) is 22.7 Å². The van der Waals surface area contributed by atoms with Crippen LogP contribution < -0.4 is 4.90 Å². The molecule has 0 spiro atoms. The Bertz CT molecular complexity index is 2680. The summed E-state index contributed by atoms with van der Waals surface area (Å²) in [5.74, 6) is 0. The summed E-state index contributed by atoms with van der Waals surface area (Å²) >= 11 is 3.69. The molecule has 0 bridgehead atoms. The van der Waals surface area contributed by atoms with Crippen LogP contribution >= 0.6 is 22.7 Å². The van der Waals surface area contributed by atoms with E-state index in [4.69, 9.17) is 0 Å². The Morgan fingerprint density at radius 2 is 0.623 bits per heavy atom. The third kappa shape index (κ3) is 6.10. The summed E-state index contributed by atoms with van der Waals surface area (Å²) in [6.07, 6.45) is 0. The van der Waals surface area contributed by atoms with Crippen molar-refractivity contribution in [1.82, 2.24) is 0 Å². The summed E-state index contributed by atoms with van der Waals surface area (Å²) in [6.45, 7) is 0. The van der Waals surface area contributed by atoms with Crippen molar-refractivity contribution in [2.75, 3.05) is 4.90 Å². The highest BCUT2D eigenvalue weighted by atomic mass is 32.1. The molecule has 0 unspecified atom stereocenters. The van der Waals surface area contributed by atoms with Crippen LogP contribution in [0.3, 0.4) is 0 Å². The predicted molar refractivity (Wildman–Crippen MR) is 231 cm³/mol. The van der Waals surface area contributed by atoms with Crippen LogP contribution in [0.5, 0.6) is 0 Å². The first-order valence-electron chi connectivity index (χ1n) is 17.9. The van der Waals surface area contributed by atoms with Gasteiger partial charge >= 0.3 is 0 Å². The van der Waals surface area contributed by atoms with Crippen LogP contribution in [-0.4, -0.2) is 0 Å². The van der Waals surface area contributed by atoms with E-state index in [-0.39, 0.29) is 0 Å². The highest BCUT2D eigenvalue weighted by molar-refractivity contribution is 7.22. The van der Waals surface area contributed by atoms with E-state index in [0.717, 1.165) is 17.1 Å². The normalized spacial score (nSPS) is 11.4. The molecule has 0 fully saturated rings. The molecule has 0 amide bonds. The van der Waals surface area contributed by atoms with E-state index in [1.54, 1.807) is 0 Å². The van der Waals surface area contributed by atoms with E-state index >= 15 is 0 Å². The topological polar surface area (TPSA) is 3.24 Å². The lowest BCUT2D eigenvalue weighted by molar-refractivity contribution is 1.28. The summed E-state index contributed by atoms with van der Waals surface area (Å²) in [6, 6.07) is 73.0. The summed E-state index contributed by atoms with van der Waals surface area (Å²) in [5.41, 5.74) is 10.7. The van der Waals surface area contributed by atoms with Gasteiger partial charge in [0.1, 0.15) is 0 Å². The molecule has 0 atom stereocenters. The molecule has 250 valence electrons. The number of anilines is 3. The Balaban J connectivity index is 0.975. The van der Waals surface area contributed by atoms with E-state index in [0.29, 0.717) is 0 Å². The van der Waals surface area contributed by atoms with Crippen LogP contribution in [-0.2, 0) is 0 Å². The average Bonchev–Trinajstić information content (AvgIpc) is 3.87. The molecule has 1 nitrogen and oxygen atoms in total. The first-order valence-corrected chi connectivity index (χ1v) is 19.5. The van der Waals surface area contributed by atoms with Crippen LogP contribution in [0, 0.1) is 0 Å². The van der Waals surface area contributed by atoms with Gasteiger partial charge in [0.05, 0.1) is 0 Å². The smallest absolute Gasteiger partial charge is 0.0462 e. The molecule has 0 saturated carbocycles. The second-order valence-corrected chi connectivity index (χ2v) is 15.6. The molecule has 0 saturated heterocycles. The molecule has 8 aromatic carbocycles. The van der Waals surface area contributed by atoms with Crippen molar-refractivity contribution in [1.29, 1.82) is 0 Å². The number of hydrogen-bond donors (Lipinski definition) is 0. The van der Waals surface area contributed by atoms with E-state index in [9.17, 15) is 0 Å². The van der Waals surface area contributed by atoms with Crippen LogP contribution in [0.4, 0.5) is 17.1 Å². The second-order valence-electron chi connectivity index (χ2n) is 13.4. The zero-order chi connectivity index (χ0) is 35.1. The molecule has 0 aliphatic carbocycles. The quantitative estimate of drug-likeness (QED) is 0.159. The van der Waals surface area contributed by atoms with Gasteiger partial charge in [-0.25, -0.2) is 0 Å². The Kier molecular flexibility index (Phi) is 7.94. The maximum Gasteiger partial charge on any atom is 0.0462 e. The SMILES string of the molecule is c1ccc2cc(-c3ccc(-c4ccc(N(c5ccc(-c6cc7ccccc7s6)cc5)c5ccc(-c6cc7ccccc7s6)cc5)cc4)cc3)ccc2c1. The fourth-order valence-corrected chi connectivity index (χ4v) is 9.41. The maximum atomic E-state index is 2.36. The molecule has 2 heterocycles. The number of thiophene rings is 2. The Morgan fingerprint density at radius 3 is 1.09 bits per heavy atom. The van der Waals surface area contributed by atoms with Crippen molar-refractivity contribution in [2.24, 2.45) is 0 Å². The molecular weight excluding hydrogens is 679 g/mol. The van der Waals surface area contributed by atoms with Gasteiger partial charge in [0.25, 0.3) is 0 Å². The van der Waals surface area contributed by atoms with Crippen molar-refractivity contribution < 1.29 is 0 Å². The highest BCUT2D eigenvalue weighted by Crippen LogP contribution is 2.41. The third-order valence-electron chi connectivity index (χ3n) is 10.1. The van der Waals surface area contributed by atoms with Gasteiger partial charge in [-0.2, -0.15) is 0 Å². The fraction of sp³-hybridized carbons (Fsp3) is 0. The first kappa shape index (κ1) is 31.5. The fourth-order valence-electron chi connectivity index (χ4n) is 7.27. The first-order chi connectivity index (χ1) is 26.2. The van der Waals surface area contributed by atoms with E-state index < -0.39 is 0 Å². The monoisotopic (exact) mass is 711 g/mol. The van der Waals surface area contributed by atoms with Crippen molar-refractivity contribution in [3.8, 4) is 43.1 Å². The van der Waals surface area contributed by atoms with Crippen molar-refractivity contribution in [3.63, 3.8) is 0 Å². The van der Waals surface area contributed by atoms with Gasteiger partial charge in [-0.15, -0.1) is 22.7 Å². The summed E-state index contributed by atoms with van der Waals surface area (Å²) in [5, 5.41) is 5.11. The molecule has 0 aliphatic rings. The van der Waals surface area contributed by atoms with Crippen molar-refractivity contribution in [3.05, 3.63) is 200 Å². The molecule has 10 aromatic rings. The minimum atomic E-state index is 1.12. The second kappa shape index (κ2) is 13.4. The van der Waals surface area contributed by atoms with Crippen LogP contribution in [0.1, 0.15) is 0 Å². The van der Waals surface area contributed by atoms with Crippen LogP contribution in [0.25, 0.3) is 74.1 Å². The molecule has 0 aliphatic heterocycles. The predicted octanol–water partition coefficient (Wildman–Crippen LogP) is 15.4. The van der Waals surface area contributed by atoms with Crippen molar-refractivity contribution in [2.45, 2.75) is 0 Å². The minimum absolute atomic E-state index is 1.12. The van der Waals surface area contributed by atoms with Gasteiger partial charge in [-0.1, -0.05) is 133 Å². The molecular formula is C50H33NS2. The largest absolute Gasteiger partial charge is 0.311 e. The van der Waals surface area contributed by atoms with Crippen molar-refractivity contribution >= 4 is 70.7 Å². The average molecular weight is 712 g/mol. The number of hydrogen-bond acceptors (Lipinski definition) is 3. The van der Waals surface area contributed by atoms with Gasteiger partial charge in [0.15, 0.2) is 0 Å². The number of nitrogens with zero attached hydrogens (tertiary/aromatic N) is 1. The lowest BCUT2D eigenvalue weighted by atomic mass is 9.98. The highest BCUT2D eigenvalue weighted by Gasteiger charge is 2.15. The summed E-state index contributed by atoms with van der Waals surface area (Å²) in [7, 11) is 0. The molecule has 2 aromatic heterocycles. The molecule has 0 N–H and O–H groups in total. The number of benzene rings is 8. The zero-order valence-electron chi connectivity index (χ0n) is 28.8. The van der Waals surface area contributed by atoms with E-state index in [1.165, 1.54) is 74.1 Å². The van der Waals surface area contributed by atoms with Gasteiger partial charge < -0.3 is 4.90 Å². The summed E-state index contributed by atoms with van der Waals surface area (Å²) in [4.78, 5) is 4.93. The minimum Gasteiger partial charge on any atom is -0.311 e. The Hall–Kier alpha value is -6.26. The zero-order valence-corrected chi connectivity index (χ0v) is 30.4. The molecule has 3 heteroatoms. The van der Waals surface area contributed by atoms with Gasteiger partial charge in [0.2, 0.25) is 0 Å². The van der Waals surface area contributed by atoms with Gasteiger partial charge in [-0.05, 0) is 122 Å². The third-order valence-corrected chi connectivity index (χ3v) is 12.4. The standard InChI is InChI=1S/C50H33NS2/c1-2-8-40-31-41(18-17-34(40)7-1)37-15-13-35(14-16-37)36-19-25-44(26-20-36)51(45-27-21-38(22-28-45)49-32-42-9-3-5-11-47(42)52-49)46-29-23-39(24-30-46)50-33-43-10-4-6-12-48(43)53-50/h1-33H. The van der Waals surface area contributed by atoms with Crippen LogP contribution in [0.15, 0.2) is 200 Å². The van der Waals surface area contributed by atoms with Gasteiger partial charge in [-0.3, -0.25) is 0 Å². The lowest BCUT2D eigenvalue weighted by Crippen LogP contribution is -2.09. The van der Waals surface area contributed by atoms with E-state index in [2.05, 4.69) is 205 Å². The molecule has 0 radical (unpaired) electrons. The Morgan fingerprint density at radius 1 is 0.264 bits per heavy atom. The number of rotatable bonds is 7. The van der Waals surface area contributed by atoms with Crippen LogP contribution in [0.2, 0.25) is 0 Å². The Labute approximate surface area is 317 Å².